The van der Waals surface area contributed by atoms with Gasteiger partial charge in [0, 0.05) is 25.7 Å². The molecule has 2 rings (SSSR count). The predicted molar refractivity (Wildman–Crippen MR) is 66.6 cm³/mol. The Morgan fingerprint density at radius 1 is 1.12 bits per heavy atom. The zero-order valence-electron chi connectivity index (χ0n) is 10.7. The number of ether oxygens (including phenoxy) is 1. The van der Waals surface area contributed by atoms with Crippen LogP contribution in [0.1, 0.15) is 39.5 Å². The first kappa shape index (κ1) is 12.3. The van der Waals surface area contributed by atoms with Crippen LogP contribution in [0.3, 0.4) is 0 Å². The van der Waals surface area contributed by atoms with E-state index in [1.165, 1.54) is 25.7 Å². The Morgan fingerprint density at radius 2 is 1.88 bits per heavy atom. The monoisotopic (exact) mass is 226 g/mol. The molecular weight excluding hydrogens is 200 g/mol. The van der Waals surface area contributed by atoms with E-state index < -0.39 is 0 Å². The predicted octanol–water partition coefficient (Wildman–Crippen LogP) is 1.53. The van der Waals surface area contributed by atoms with E-state index in [9.17, 15) is 0 Å². The van der Waals surface area contributed by atoms with Gasteiger partial charge in [-0.05, 0) is 38.5 Å². The Kier molecular flexibility index (Phi) is 4.62. The molecule has 0 bridgehead atoms. The summed E-state index contributed by atoms with van der Waals surface area (Å²) >= 11 is 0. The maximum atomic E-state index is 5.87. The summed E-state index contributed by atoms with van der Waals surface area (Å²) in [7, 11) is 0. The van der Waals surface area contributed by atoms with Gasteiger partial charge in [0.15, 0.2) is 0 Å². The zero-order valence-corrected chi connectivity index (χ0v) is 10.7. The molecule has 0 spiro atoms. The Morgan fingerprint density at radius 3 is 2.56 bits per heavy atom. The van der Waals surface area contributed by atoms with Crippen molar-refractivity contribution in [3.05, 3.63) is 0 Å². The molecule has 94 valence electrons. The highest BCUT2D eigenvalue weighted by Crippen LogP contribution is 2.23. The molecule has 2 fully saturated rings. The van der Waals surface area contributed by atoms with Crippen LogP contribution >= 0.6 is 0 Å². The van der Waals surface area contributed by atoms with E-state index in [2.05, 4.69) is 24.5 Å². The molecule has 1 aliphatic heterocycles. The highest BCUT2D eigenvalue weighted by molar-refractivity contribution is 4.79. The van der Waals surface area contributed by atoms with E-state index in [1.54, 1.807) is 0 Å². The van der Waals surface area contributed by atoms with Gasteiger partial charge in [-0.1, -0.05) is 6.92 Å². The smallest absolute Gasteiger partial charge is 0.0827 e. The second-order valence-electron chi connectivity index (χ2n) is 5.59. The first-order valence-corrected chi connectivity index (χ1v) is 6.83. The van der Waals surface area contributed by atoms with Crippen molar-refractivity contribution in [2.24, 2.45) is 5.92 Å². The molecule has 0 aromatic carbocycles. The molecule has 1 saturated heterocycles. The maximum Gasteiger partial charge on any atom is 0.0827 e. The summed E-state index contributed by atoms with van der Waals surface area (Å²) < 4.78 is 5.87. The quantitative estimate of drug-likeness (QED) is 0.766. The molecule has 2 atom stereocenters. The van der Waals surface area contributed by atoms with Crippen LogP contribution in [0.5, 0.6) is 0 Å². The molecular formula is C13H26N2O. The van der Waals surface area contributed by atoms with Gasteiger partial charge in [-0.15, -0.1) is 0 Å². The van der Waals surface area contributed by atoms with E-state index in [-0.39, 0.29) is 0 Å². The van der Waals surface area contributed by atoms with Crippen molar-refractivity contribution in [2.45, 2.75) is 57.8 Å². The van der Waals surface area contributed by atoms with Gasteiger partial charge in [0.05, 0.1) is 12.2 Å². The fraction of sp³-hybridized carbons (Fsp3) is 1.00. The minimum Gasteiger partial charge on any atom is -0.371 e. The molecule has 1 saturated carbocycles. The fourth-order valence-electron chi connectivity index (χ4n) is 2.75. The molecule has 16 heavy (non-hydrogen) atoms. The normalized spacial score (nSPS) is 40.9. The van der Waals surface area contributed by atoms with Crippen LogP contribution in [0.25, 0.3) is 0 Å². The average molecular weight is 226 g/mol. The molecule has 2 N–H and O–H groups in total. The van der Waals surface area contributed by atoms with Gasteiger partial charge in [0.25, 0.3) is 0 Å². The van der Waals surface area contributed by atoms with E-state index in [0.717, 1.165) is 31.6 Å². The van der Waals surface area contributed by atoms with E-state index in [0.29, 0.717) is 12.2 Å². The van der Waals surface area contributed by atoms with Crippen LogP contribution < -0.4 is 10.6 Å². The third-order valence-corrected chi connectivity index (χ3v) is 3.88. The van der Waals surface area contributed by atoms with Crippen molar-refractivity contribution in [1.29, 1.82) is 0 Å². The molecule has 2 aliphatic rings. The molecule has 0 radical (unpaired) electrons. The van der Waals surface area contributed by atoms with Gasteiger partial charge < -0.3 is 15.4 Å². The summed E-state index contributed by atoms with van der Waals surface area (Å²) in [6.07, 6.45) is 6.19. The minimum atomic E-state index is 0.364. The lowest BCUT2D eigenvalue weighted by Crippen LogP contribution is -2.49. The molecule has 3 nitrogen and oxygen atoms in total. The van der Waals surface area contributed by atoms with Gasteiger partial charge in [0.2, 0.25) is 0 Å². The van der Waals surface area contributed by atoms with Gasteiger partial charge in [-0.25, -0.2) is 0 Å². The molecule has 0 aromatic rings. The first-order valence-electron chi connectivity index (χ1n) is 6.83. The van der Waals surface area contributed by atoms with E-state index in [1.807, 2.05) is 0 Å². The molecule has 0 amide bonds. The largest absolute Gasteiger partial charge is 0.371 e. The second kappa shape index (κ2) is 5.99. The molecule has 0 unspecified atom stereocenters. The van der Waals surface area contributed by atoms with Crippen LogP contribution in [0.4, 0.5) is 0 Å². The van der Waals surface area contributed by atoms with Crippen LogP contribution in [0.15, 0.2) is 0 Å². The highest BCUT2D eigenvalue weighted by Gasteiger charge is 2.21. The zero-order chi connectivity index (χ0) is 11.4. The number of morpholine rings is 1. The minimum absolute atomic E-state index is 0.364. The Hall–Kier alpha value is -0.120. The summed E-state index contributed by atoms with van der Waals surface area (Å²) in [6.45, 7) is 7.52. The van der Waals surface area contributed by atoms with Crippen molar-refractivity contribution >= 4 is 0 Å². The SMILES string of the molecule is CC1CCC(NC[C@@H]2CNC[C@@H](C)O2)CC1. The van der Waals surface area contributed by atoms with E-state index >= 15 is 0 Å². The summed E-state index contributed by atoms with van der Waals surface area (Å²) in [5.41, 5.74) is 0. The van der Waals surface area contributed by atoms with Crippen LogP contribution in [0.2, 0.25) is 0 Å². The van der Waals surface area contributed by atoms with Crippen molar-refractivity contribution in [1.82, 2.24) is 10.6 Å². The van der Waals surface area contributed by atoms with Crippen molar-refractivity contribution in [2.75, 3.05) is 19.6 Å². The second-order valence-corrected chi connectivity index (χ2v) is 5.59. The Labute approximate surface area is 99.3 Å². The van der Waals surface area contributed by atoms with Gasteiger partial charge in [0.1, 0.15) is 0 Å². The van der Waals surface area contributed by atoms with E-state index in [4.69, 9.17) is 4.74 Å². The lowest BCUT2D eigenvalue weighted by atomic mass is 9.87. The standard InChI is InChI=1S/C13H26N2O/c1-10-3-5-12(6-4-10)15-9-13-8-14-7-11(2)16-13/h10-15H,3-9H2,1-2H3/t10?,11-,12?,13+/m1/s1. The molecule has 1 heterocycles. The summed E-state index contributed by atoms with van der Waals surface area (Å²) in [6, 6.07) is 0.733. The number of nitrogens with one attached hydrogen (secondary N) is 2. The summed E-state index contributed by atoms with van der Waals surface area (Å²) in [4.78, 5) is 0. The molecule has 0 aromatic heterocycles. The molecule has 1 aliphatic carbocycles. The summed E-state index contributed by atoms with van der Waals surface area (Å²) in [5, 5.41) is 7.08. The van der Waals surface area contributed by atoms with Crippen molar-refractivity contribution in [3.8, 4) is 0 Å². The number of hydrogen-bond acceptors (Lipinski definition) is 3. The Balaban J connectivity index is 1.63. The lowest BCUT2D eigenvalue weighted by molar-refractivity contribution is -0.0274. The number of hydrogen-bond donors (Lipinski definition) is 2. The van der Waals surface area contributed by atoms with Gasteiger partial charge in [-0.3, -0.25) is 0 Å². The number of rotatable bonds is 3. The summed E-state index contributed by atoms with van der Waals surface area (Å²) in [5.74, 6) is 0.936. The van der Waals surface area contributed by atoms with Gasteiger partial charge in [-0.2, -0.15) is 0 Å². The van der Waals surface area contributed by atoms with Gasteiger partial charge >= 0.3 is 0 Å². The fourth-order valence-corrected chi connectivity index (χ4v) is 2.75. The molecule has 3 heteroatoms. The highest BCUT2D eigenvalue weighted by atomic mass is 16.5. The van der Waals surface area contributed by atoms with Crippen LogP contribution in [0, 0.1) is 5.92 Å². The van der Waals surface area contributed by atoms with Crippen molar-refractivity contribution in [3.63, 3.8) is 0 Å². The lowest BCUT2D eigenvalue weighted by Gasteiger charge is -2.32. The van der Waals surface area contributed by atoms with Crippen LogP contribution in [-0.2, 0) is 4.74 Å². The Bertz CT molecular complexity index is 202. The third kappa shape index (κ3) is 3.72. The van der Waals surface area contributed by atoms with Crippen molar-refractivity contribution < 1.29 is 4.74 Å². The average Bonchev–Trinajstić information content (AvgIpc) is 2.28. The first-order chi connectivity index (χ1) is 7.74. The van der Waals surface area contributed by atoms with Crippen LogP contribution in [-0.4, -0.2) is 37.9 Å². The third-order valence-electron chi connectivity index (χ3n) is 3.88. The topological polar surface area (TPSA) is 33.3 Å². The maximum absolute atomic E-state index is 5.87.